The number of ether oxygens (including phenoxy) is 2. The zero-order chi connectivity index (χ0) is 14.4. The molecule has 0 amide bonds. The van der Waals surface area contributed by atoms with Crippen LogP contribution in [0.25, 0.3) is 0 Å². The smallest absolute Gasteiger partial charge is 0.165 e. The third-order valence-electron chi connectivity index (χ3n) is 3.40. The highest BCUT2D eigenvalue weighted by Crippen LogP contribution is 2.16. The van der Waals surface area contributed by atoms with E-state index in [9.17, 15) is 9.50 Å². The van der Waals surface area contributed by atoms with Crippen LogP contribution in [0.1, 0.15) is 19.8 Å². The molecular formula is C15H22FNO3. The van der Waals surface area contributed by atoms with Gasteiger partial charge in [-0.05, 0) is 31.9 Å². The maximum atomic E-state index is 13.3. The average Bonchev–Trinajstić information content (AvgIpc) is 2.44. The summed E-state index contributed by atoms with van der Waals surface area (Å²) in [6, 6.07) is 6.56. The summed E-state index contributed by atoms with van der Waals surface area (Å²) < 4.78 is 24.1. The number of rotatable bonds is 6. The first-order valence-electron chi connectivity index (χ1n) is 7.05. The van der Waals surface area contributed by atoms with Gasteiger partial charge in [-0.3, -0.25) is 0 Å². The lowest BCUT2D eigenvalue weighted by Crippen LogP contribution is -2.42. The first-order chi connectivity index (χ1) is 9.65. The Labute approximate surface area is 118 Å². The van der Waals surface area contributed by atoms with Gasteiger partial charge >= 0.3 is 0 Å². The summed E-state index contributed by atoms with van der Waals surface area (Å²) in [5, 5.41) is 13.2. The van der Waals surface area contributed by atoms with Gasteiger partial charge < -0.3 is 19.9 Å². The van der Waals surface area contributed by atoms with Gasteiger partial charge in [-0.15, -0.1) is 0 Å². The Morgan fingerprint density at radius 3 is 3.05 bits per heavy atom. The molecule has 1 saturated heterocycles. The summed E-state index contributed by atoms with van der Waals surface area (Å²) >= 11 is 0. The van der Waals surface area contributed by atoms with E-state index in [4.69, 9.17) is 9.47 Å². The molecule has 112 valence electrons. The van der Waals surface area contributed by atoms with Crippen molar-refractivity contribution in [2.24, 2.45) is 0 Å². The van der Waals surface area contributed by atoms with Crippen molar-refractivity contribution in [3.05, 3.63) is 30.1 Å². The third-order valence-corrected chi connectivity index (χ3v) is 3.40. The number of hydrogen-bond acceptors (Lipinski definition) is 4. The fourth-order valence-corrected chi connectivity index (χ4v) is 2.29. The highest BCUT2D eigenvalue weighted by atomic mass is 19.1. The molecule has 2 N–H and O–H groups in total. The molecule has 5 heteroatoms. The molecule has 0 saturated carbocycles. The average molecular weight is 283 g/mol. The molecule has 0 radical (unpaired) electrons. The largest absolute Gasteiger partial charge is 0.488 e. The van der Waals surface area contributed by atoms with E-state index in [1.807, 2.05) is 6.92 Å². The molecular weight excluding hydrogens is 261 g/mol. The molecule has 1 fully saturated rings. The molecule has 1 aliphatic rings. The molecule has 4 nitrogen and oxygen atoms in total. The van der Waals surface area contributed by atoms with Gasteiger partial charge in [-0.2, -0.15) is 0 Å². The van der Waals surface area contributed by atoms with Crippen LogP contribution in [0, 0.1) is 5.82 Å². The van der Waals surface area contributed by atoms with E-state index in [0.29, 0.717) is 12.6 Å². The van der Waals surface area contributed by atoms with Gasteiger partial charge in [-0.25, -0.2) is 4.39 Å². The van der Waals surface area contributed by atoms with E-state index in [0.717, 1.165) is 19.4 Å². The lowest BCUT2D eigenvalue weighted by molar-refractivity contribution is 0.00961. The monoisotopic (exact) mass is 283 g/mol. The minimum absolute atomic E-state index is 0.0761. The van der Waals surface area contributed by atoms with Crippen LogP contribution < -0.4 is 10.1 Å². The van der Waals surface area contributed by atoms with Crippen LogP contribution in [0.15, 0.2) is 24.3 Å². The second kappa shape index (κ2) is 7.57. The number of hydrogen-bond donors (Lipinski definition) is 2. The van der Waals surface area contributed by atoms with Crippen LogP contribution in [0.4, 0.5) is 4.39 Å². The molecule has 1 aromatic rings. The van der Waals surface area contributed by atoms with Gasteiger partial charge in [0.15, 0.2) is 11.6 Å². The van der Waals surface area contributed by atoms with Gasteiger partial charge in [-0.1, -0.05) is 12.1 Å². The van der Waals surface area contributed by atoms with E-state index in [1.165, 1.54) is 6.07 Å². The zero-order valence-electron chi connectivity index (χ0n) is 11.7. The second-order valence-corrected chi connectivity index (χ2v) is 5.21. The summed E-state index contributed by atoms with van der Waals surface area (Å²) in [5.41, 5.74) is 0. The quantitative estimate of drug-likeness (QED) is 0.834. The Hall–Kier alpha value is -1.17. The molecule has 20 heavy (non-hydrogen) atoms. The molecule has 1 aromatic carbocycles. The number of para-hydroxylation sites is 1. The van der Waals surface area contributed by atoms with E-state index in [2.05, 4.69) is 5.32 Å². The lowest BCUT2D eigenvalue weighted by atomic mass is 10.0. The molecule has 0 spiro atoms. The Balaban J connectivity index is 1.68. The maximum absolute atomic E-state index is 13.3. The Morgan fingerprint density at radius 1 is 1.50 bits per heavy atom. The first-order valence-corrected chi connectivity index (χ1v) is 7.05. The fraction of sp³-hybridized carbons (Fsp3) is 0.600. The van der Waals surface area contributed by atoms with E-state index in [1.54, 1.807) is 18.2 Å². The molecule has 1 heterocycles. The lowest BCUT2D eigenvalue weighted by Gasteiger charge is -2.28. The van der Waals surface area contributed by atoms with Crippen molar-refractivity contribution in [2.45, 2.75) is 38.0 Å². The van der Waals surface area contributed by atoms with E-state index >= 15 is 0 Å². The number of aliphatic hydroxyl groups excluding tert-OH is 1. The van der Waals surface area contributed by atoms with Crippen LogP contribution in [0.2, 0.25) is 0 Å². The molecule has 0 aromatic heterocycles. The second-order valence-electron chi connectivity index (χ2n) is 5.21. The summed E-state index contributed by atoms with van der Waals surface area (Å²) in [7, 11) is 0. The first kappa shape index (κ1) is 15.2. The summed E-state index contributed by atoms with van der Waals surface area (Å²) in [6.07, 6.45) is 1.49. The topological polar surface area (TPSA) is 50.7 Å². The SMILES string of the molecule is CC1CC(NCC(O)COc2ccccc2F)CCO1. The van der Waals surface area contributed by atoms with Gasteiger partial charge in [0.1, 0.15) is 12.7 Å². The van der Waals surface area contributed by atoms with Crippen LogP contribution >= 0.6 is 0 Å². The van der Waals surface area contributed by atoms with Crippen LogP contribution in [0.5, 0.6) is 5.75 Å². The van der Waals surface area contributed by atoms with Crippen molar-refractivity contribution in [3.8, 4) is 5.75 Å². The van der Waals surface area contributed by atoms with Crippen molar-refractivity contribution in [1.82, 2.24) is 5.32 Å². The molecule has 3 atom stereocenters. The van der Waals surface area contributed by atoms with Gasteiger partial charge in [0.2, 0.25) is 0 Å². The Bertz CT molecular complexity index is 416. The molecule has 3 unspecified atom stereocenters. The van der Waals surface area contributed by atoms with Crippen molar-refractivity contribution in [3.63, 3.8) is 0 Å². The number of nitrogens with one attached hydrogen (secondary N) is 1. The predicted octanol–water partition coefficient (Wildman–Crippen LogP) is 1.72. The van der Waals surface area contributed by atoms with Crippen molar-refractivity contribution in [1.29, 1.82) is 0 Å². The summed E-state index contributed by atoms with van der Waals surface area (Å²) in [4.78, 5) is 0. The van der Waals surface area contributed by atoms with E-state index < -0.39 is 11.9 Å². The maximum Gasteiger partial charge on any atom is 0.165 e. The van der Waals surface area contributed by atoms with Crippen LogP contribution in [-0.2, 0) is 4.74 Å². The van der Waals surface area contributed by atoms with Gasteiger partial charge in [0.05, 0.1) is 6.10 Å². The molecule has 2 rings (SSSR count). The normalized spacial score (nSPS) is 24.4. The van der Waals surface area contributed by atoms with Crippen molar-refractivity contribution < 1.29 is 19.0 Å². The zero-order valence-corrected chi connectivity index (χ0v) is 11.7. The fourth-order valence-electron chi connectivity index (χ4n) is 2.29. The standard InChI is InChI=1S/C15H22FNO3/c1-11-8-12(6-7-19-11)17-9-13(18)10-20-15-5-3-2-4-14(15)16/h2-5,11-13,17-18H,6-10H2,1H3. The Kier molecular flexibility index (Phi) is 5.76. The van der Waals surface area contributed by atoms with Gasteiger partial charge in [0, 0.05) is 19.2 Å². The van der Waals surface area contributed by atoms with Crippen molar-refractivity contribution in [2.75, 3.05) is 19.8 Å². The molecule has 1 aliphatic heterocycles. The van der Waals surface area contributed by atoms with Gasteiger partial charge in [0.25, 0.3) is 0 Å². The number of benzene rings is 1. The third kappa shape index (κ3) is 4.74. The summed E-state index contributed by atoms with van der Waals surface area (Å²) in [6.45, 7) is 3.31. The highest BCUT2D eigenvalue weighted by Gasteiger charge is 2.19. The minimum atomic E-state index is -0.659. The van der Waals surface area contributed by atoms with Crippen LogP contribution in [-0.4, -0.2) is 43.1 Å². The predicted molar refractivity (Wildman–Crippen MR) is 74.3 cm³/mol. The number of halogens is 1. The molecule has 0 bridgehead atoms. The van der Waals surface area contributed by atoms with Crippen LogP contribution in [0.3, 0.4) is 0 Å². The minimum Gasteiger partial charge on any atom is -0.488 e. The highest BCUT2D eigenvalue weighted by molar-refractivity contribution is 5.23. The number of aliphatic hydroxyl groups is 1. The molecule has 0 aliphatic carbocycles. The van der Waals surface area contributed by atoms with Crippen molar-refractivity contribution >= 4 is 0 Å². The summed E-state index contributed by atoms with van der Waals surface area (Å²) in [5.74, 6) is -0.239. The van der Waals surface area contributed by atoms with E-state index in [-0.39, 0.29) is 18.5 Å². The Morgan fingerprint density at radius 2 is 2.30 bits per heavy atom.